The number of nitrogens with zero attached hydrogens (tertiary/aromatic N) is 2. The van der Waals surface area contributed by atoms with Crippen molar-refractivity contribution < 1.29 is 4.42 Å². The summed E-state index contributed by atoms with van der Waals surface area (Å²) in [5, 5.41) is 1.49. The number of thiazole rings is 1. The summed E-state index contributed by atoms with van der Waals surface area (Å²) < 4.78 is 7.33. The van der Waals surface area contributed by atoms with E-state index in [2.05, 4.69) is 32.0 Å². The molecule has 4 aromatic rings. The molecule has 0 N–H and O–H groups in total. The Hall–Kier alpha value is -1.69. The molecule has 4 rings (SSSR count). The summed E-state index contributed by atoms with van der Waals surface area (Å²) in [5.41, 5.74) is 2.94. The fraction of sp³-hybridized carbons (Fsp3) is 0. The van der Waals surface area contributed by atoms with E-state index < -0.39 is 0 Å². The molecule has 3 nitrogen and oxygen atoms in total. The van der Waals surface area contributed by atoms with Gasteiger partial charge in [0.05, 0.1) is 16.4 Å². The Balaban J connectivity index is 1.91. The van der Waals surface area contributed by atoms with E-state index in [1.54, 1.807) is 23.8 Å². The van der Waals surface area contributed by atoms with Gasteiger partial charge in [-0.15, -0.1) is 11.3 Å². The molecule has 0 amide bonds. The summed E-state index contributed by atoms with van der Waals surface area (Å²) in [6.07, 6.45) is 3.17. The van der Waals surface area contributed by atoms with Gasteiger partial charge in [0.1, 0.15) is 6.26 Å². The minimum atomic E-state index is 0.539. The summed E-state index contributed by atoms with van der Waals surface area (Å²) >= 11 is 11.5. The monoisotopic (exact) mass is 390 g/mol. The number of hydrogen-bond donors (Lipinski definition) is 0. The highest BCUT2D eigenvalue weighted by Crippen LogP contribution is 2.39. The van der Waals surface area contributed by atoms with Crippen LogP contribution in [0, 0.1) is 0 Å². The van der Waals surface area contributed by atoms with Gasteiger partial charge in [-0.3, -0.25) is 0 Å². The van der Waals surface area contributed by atoms with E-state index in [0.717, 1.165) is 35.8 Å². The third-order valence-electron chi connectivity index (χ3n) is 3.26. The predicted octanol–water partition coefficient (Wildman–Crippen LogP) is 6.03. The maximum Gasteiger partial charge on any atom is 0.255 e. The number of halogens is 2. The summed E-state index contributed by atoms with van der Waals surface area (Å²) in [6.45, 7) is 0. The van der Waals surface area contributed by atoms with Gasteiger partial charge in [0, 0.05) is 15.1 Å². The Morgan fingerprint density at radius 2 is 2.00 bits per heavy atom. The van der Waals surface area contributed by atoms with E-state index in [0.29, 0.717) is 5.89 Å². The summed E-state index contributed by atoms with van der Waals surface area (Å²) in [7, 11) is 0. The molecular formula is C16H8BrClN2OS. The molecule has 0 saturated heterocycles. The lowest BCUT2D eigenvalue weighted by atomic mass is 10.1. The van der Waals surface area contributed by atoms with Crippen LogP contribution in [0.15, 0.2) is 57.7 Å². The van der Waals surface area contributed by atoms with Crippen LogP contribution in [-0.2, 0) is 0 Å². The third-order valence-corrected chi connectivity index (χ3v) is 5.25. The molecule has 2 aromatic heterocycles. The second-order valence-corrected chi connectivity index (χ2v) is 6.93. The Bertz CT molecular complexity index is 966. The quantitative estimate of drug-likeness (QED) is 0.418. The molecule has 0 aliphatic rings. The Labute approximate surface area is 143 Å². The molecule has 0 aliphatic heterocycles. The average Bonchev–Trinajstić information content (AvgIpc) is 3.15. The van der Waals surface area contributed by atoms with Crippen LogP contribution in [0.5, 0.6) is 0 Å². The first-order chi connectivity index (χ1) is 10.7. The van der Waals surface area contributed by atoms with Gasteiger partial charge in [-0.05, 0) is 23.8 Å². The van der Waals surface area contributed by atoms with Crippen molar-refractivity contribution in [2.75, 3.05) is 0 Å². The van der Waals surface area contributed by atoms with E-state index in [-0.39, 0.29) is 0 Å². The molecule has 22 heavy (non-hydrogen) atoms. The molecule has 0 atom stereocenters. The van der Waals surface area contributed by atoms with Crippen LogP contribution in [0.25, 0.3) is 32.2 Å². The topological polar surface area (TPSA) is 38.9 Å². The van der Waals surface area contributed by atoms with E-state index in [1.165, 1.54) is 0 Å². The Kier molecular flexibility index (Phi) is 3.48. The lowest BCUT2D eigenvalue weighted by Crippen LogP contribution is -1.82. The highest BCUT2D eigenvalue weighted by Gasteiger charge is 2.14. The van der Waals surface area contributed by atoms with Gasteiger partial charge >= 0.3 is 0 Å². The van der Waals surface area contributed by atoms with E-state index in [9.17, 15) is 0 Å². The smallest absolute Gasteiger partial charge is 0.255 e. The van der Waals surface area contributed by atoms with Crippen molar-refractivity contribution >= 4 is 49.1 Å². The largest absolute Gasteiger partial charge is 0.443 e. The molecule has 0 saturated carbocycles. The standard InChI is InChI=1S/C16H8BrClN2OS/c17-11-8-13-14(22-16(20-13)15-19-5-6-21-15)7-10(11)9-3-1-2-4-12(9)18/h1-8H. The van der Waals surface area contributed by atoms with Gasteiger partial charge in [0.15, 0.2) is 5.01 Å². The van der Waals surface area contributed by atoms with Crippen molar-refractivity contribution in [3.63, 3.8) is 0 Å². The van der Waals surface area contributed by atoms with Crippen molar-refractivity contribution in [2.45, 2.75) is 0 Å². The van der Waals surface area contributed by atoms with Gasteiger partial charge in [0.2, 0.25) is 0 Å². The summed E-state index contributed by atoms with van der Waals surface area (Å²) in [6, 6.07) is 11.9. The molecule has 2 heterocycles. The molecule has 0 fully saturated rings. The Morgan fingerprint density at radius 1 is 1.14 bits per heavy atom. The zero-order chi connectivity index (χ0) is 15.1. The van der Waals surface area contributed by atoms with Crippen molar-refractivity contribution in [3.05, 3.63) is 58.4 Å². The number of fused-ring (bicyclic) bond motifs is 1. The summed E-state index contributed by atoms with van der Waals surface area (Å²) in [5.74, 6) is 0.539. The molecule has 108 valence electrons. The minimum Gasteiger partial charge on any atom is -0.443 e. The van der Waals surface area contributed by atoms with Crippen molar-refractivity contribution in [3.8, 4) is 22.0 Å². The van der Waals surface area contributed by atoms with Gasteiger partial charge in [0.25, 0.3) is 5.89 Å². The molecule has 0 unspecified atom stereocenters. The summed E-state index contributed by atoms with van der Waals surface area (Å²) in [4.78, 5) is 8.72. The van der Waals surface area contributed by atoms with E-state index >= 15 is 0 Å². The zero-order valence-corrected chi connectivity index (χ0v) is 14.2. The van der Waals surface area contributed by atoms with E-state index in [4.69, 9.17) is 16.0 Å². The molecule has 0 bridgehead atoms. The van der Waals surface area contributed by atoms with Gasteiger partial charge in [-0.2, -0.15) is 0 Å². The van der Waals surface area contributed by atoms with Crippen molar-refractivity contribution in [1.29, 1.82) is 0 Å². The van der Waals surface area contributed by atoms with Gasteiger partial charge in [-0.1, -0.05) is 45.7 Å². The number of oxazole rings is 1. The fourth-order valence-corrected chi connectivity index (χ4v) is 3.96. The van der Waals surface area contributed by atoms with E-state index in [1.807, 2.05) is 30.3 Å². The zero-order valence-electron chi connectivity index (χ0n) is 11.1. The van der Waals surface area contributed by atoms with Crippen LogP contribution in [0.2, 0.25) is 5.02 Å². The van der Waals surface area contributed by atoms with Crippen molar-refractivity contribution in [1.82, 2.24) is 9.97 Å². The first kappa shape index (κ1) is 13.9. The SMILES string of the molecule is Clc1ccccc1-c1cc2sc(-c3ncco3)nc2cc1Br. The lowest BCUT2D eigenvalue weighted by Gasteiger charge is -2.06. The molecule has 2 aromatic carbocycles. The van der Waals surface area contributed by atoms with Gasteiger partial charge in [-0.25, -0.2) is 9.97 Å². The predicted molar refractivity (Wildman–Crippen MR) is 93.3 cm³/mol. The number of benzene rings is 2. The van der Waals surface area contributed by atoms with Crippen LogP contribution >= 0.6 is 38.9 Å². The van der Waals surface area contributed by atoms with Crippen LogP contribution in [-0.4, -0.2) is 9.97 Å². The lowest BCUT2D eigenvalue weighted by molar-refractivity contribution is 0.574. The fourth-order valence-electron chi connectivity index (χ4n) is 2.25. The second kappa shape index (κ2) is 5.50. The first-order valence-corrected chi connectivity index (χ1v) is 8.46. The molecule has 0 aliphatic carbocycles. The van der Waals surface area contributed by atoms with Crippen LogP contribution in [0.4, 0.5) is 0 Å². The molecule has 0 radical (unpaired) electrons. The number of rotatable bonds is 2. The minimum absolute atomic E-state index is 0.539. The highest BCUT2D eigenvalue weighted by atomic mass is 79.9. The molecule has 6 heteroatoms. The van der Waals surface area contributed by atoms with Crippen molar-refractivity contribution in [2.24, 2.45) is 0 Å². The molecule has 0 spiro atoms. The Morgan fingerprint density at radius 3 is 2.77 bits per heavy atom. The first-order valence-electron chi connectivity index (χ1n) is 6.47. The van der Waals surface area contributed by atoms with Gasteiger partial charge < -0.3 is 4.42 Å². The number of aromatic nitrogens is 2. The maximum atomic E-state index is 6.31. The highest BCUT2D eigenvalue weighted by molar-refractivity contribution is 9.10. The van der Waals surface area contributed by atoms with Crippen LogP contribution < -0.4 is 0 Å². The average molecular weight is 392 g/mol. The maximum absolute atomic E-state index is 6.31. The second-order valence-electron chi connectivity index (χ2n) is 4.64. The normalized spacial score (nSPS) is 11.2. The van der Waals surface area contributed by atoms with Crippen LogP contribution in [0.3, 0.4) is 0 Å². The number of hydrogen-bond acceptors (Lipinski definition) is 4. The molecular weight excluding hydrogens is 384 g/mol. The third kappa shape index (κ3) is 2.35. The van der Waals surface area contributed by atoms with Crippen LogP contribution in [0.1, 0.15) is 0 Å².